The van der Waals surface area contributed by atoms with Gasteiger partial charge in [-0.15, -0.1) is 0 Å². The third kappa shape index (κ3) is 7.01. The molecule has 36 heavy (non-hydrogen) atoms. The van der Waals surface area contributed by atoms with Crippen LogP contribution in [0.15, 0.2) is 66.2 Å². The molecule has 2 N–H and O–H groups in total. The van der Waals surface area contributed by atoms with Crippen LogP contribution >= 0.6 is 23.2 Å². The highest BCUT2D eigenvalue weighted by Gasteiger charge is 2.16. The van der Waals surface area contributed by atoms with Crippen LogP contribution in [0.2, 0.25) is 10.0 Å². The molecule has 3 aromatic carbocycles. The molecule has 0 atom stereocenters. The van der Waals surface area contributed by atoms with Crippen molar-refractivity contribution < 1.29 is 19.1 Å². The summed E-state index contributed by atoms with van der Waals surface area (Å²) in [4.78, 5) is 25.0. The first-order valence-electron chi connectivity index (χ1n) is 10.9. The van der Waals surface area contributed by atoms with E-state index in [4.69, 9.17) is 32.7 Å². The molecule has 0 aliphatic heterocycles. The van der Waals surface area contributed by atoms with Crippen molar-refractivity contribution >= 4 is 52.5 Å². The van der Waals surface area contributed by atoms with E-state index in [1.54, 1.807) is 49.4 Å². The van der Waals surface area contributed by atoms with Gasteiger partial charge in [0.2, 0.25) is 0 Å². The molecule has 9 heteroatoms. The second-order valence-electron chi connectivity index (χ2n) is 7.52. The maximum atomic E-state index is 12.7. The topological polar surface area (TPSA) is 100 Å². The number of halogens is 2. The zero-order valence-corrected chi connectivity index (χ0v) is 21.1. The Hall–Kier alpha value is -3.99. The first-order chi connectivity index (χ1) is 17.3. The summed E-state index contributed by atoms with van der Waals surface area (Å²) in [6.45, 7) is 3.58. The number of hydrogen-bond donors (Lipinski definition) is 2. The van der Waals surface area contributed by atoms with E-state index in [1.807, 2.05) is 25.1 Å². The largest absolute Gasteiger partial charge is 0.490 e. The molecule has 0 spiro atoms. The van der Waals surface area contributed by atoms with E-state index in [0.717, 1.165) is 5.56 Å². The van der Waals surface area contributed by atoms with Crippen molar-refractivity contribution in [1.29, 1.82) is 5.26 Å². The van der Waals surface area contributed by atoms with Crippen molar-refractivity contribution in [3.8, 4) is 17.6 Å². The summed E-state index contributed by atoms with van der Waals surface area (Å²) in [7, 11) is 0. The Bertz CT molecular complexity index is 1350. The molecule has 0 aliphatic rings. The van der Waals surface area contributed by atoms with Crippen molar-refractivity contribution in [1.82, 2.24) is 0 Å². The Labute approximate surface area is 219 Å². The number of nitrogens with one attached hydrogen (secondary N) is 2. The van der Waals surface area contributed by atoms with E-state index >= 15 is 0 Å². The molecule has 0 unspecified atom stereocenters. The molecule has 0 saturated carbocycles. The van der Waals surface area contributed by atoms with Gasteiger partial charge in [0.15, 0.2) is 18.1 Å². The maximum absolute atomic E-state index is 12.7. The van der Waals surface area contributed by atoms with Crippen LogP contribution in [-0.4, -0.2) is 25.0 Å². The first kappa shape index (κ1) is 26.6. The van der Waals surface area contributed by atoms with Gasteiger partial charge in [0.25, 0.3) is 11.8 Å². The molecule has 0 heterocycles. The van der Waals surface area contributed by atoms with Crippen molar-refractivity contribution in [3.05, 3.63) is 87.4 Å². The Balaban J connectivity index is 1.79. The SMILES string of the molecule is CCOc1cc(/C=C(/C#N)C(=O)Nc2ccccc2C)cc(Cl)c1OCC(=O)Nc1ccccc1Cl. The number of ether oxygens (including phenoxy) is 2. The molecule has 0 aliphatic carbocycles. The van der Waals surface area contributed by atoms with Crippen LogP contribution < -0.4 is 20.1 Å². The van der Waals surface area contributed by atoms with Crippen molar-refractivity contribution in [3.63, 3.8) is 0 Å². The van der Waals surface area contributed by atoms with Gasteiger partial charge in [-0.2, -0.15) is 5.26 Å². The smallest absolute Gasteiger partial charge is 0.266 e. The monoisotopic (exact) mass is 523 g/mol. The lowest BCUT2D eigenvalue weighted by Crippen LogP contribution is -2.20. The Morgan fingerprint density at radius 3 is 2.33 bits per heavy atom. The number of benzene rings is 3. The summed E-state index contributed by atoms with van der Waals surface area (Å²) in [6, 6.07) is 19.1. The lowest BCUT2D eigenvalue weighted by Gasteiger charge is -2.15. The molecule has 184 valence electrons. The number of anilines is 2. The van der Waals surface area contributed by atoms with Crippen molar-refractivity contribution in [2.75, 3.05) is 23.8 Å². The van der Waals surface area contributed by atoms with E-state index in [2.05, 4.69) is 10.6 Å². The van der Waals surface area contributed by atoms with Crippen LogP contribution in [0.1, 0.15) is 18.1 Å². The first-order valence-corrected chi connectivity index (χ1v) is 11.7. The Morgan fingerprint density at radius 1 is 0.972 bits per heavy atom. The lowest BCUT2D eigenvalue weighted by atomic mass is 10.1. The van der Waals surface area contributed by atoms with Gasteiger partial charge in [0.05, 0.1) is 22.3 Å². The summed E-state index contributed by atoms with van der Waals surface area (Å²) in [6.07, 6.45) is 1.40. The molecule has 3 aromatic rings. The molecule has 0 radical (unpaired) electrons. The number of carbonyl (C=O) groups is 2. The van der Waals surface area contributed by atoms with E-state index in [9.17, 15) is 14.9 Å². The van der Waals surface area contributed by atoms with Crippen LogP contribution in [0.3, 0.4) is 0 Å². The molecule has 7 nitrogen and oxygen atoms in total. The van der Waals surface area contributed by atoms with Gasteiger partial charge in [0.1, 0.15) is 11.6 Å². The van der Waals surface area contributed by atoms with Crippen LogP contribution in [-0.2, 0) is 9.59 Å². The fraction of sp³-hybridized carbons (Fsp3) is 0.148. The van der Waals surface area contributed by atoms with Crippen LogP contribution in [0, 0.1) is 18.3 Å². The zero-order chi connectivity index (χ0) is 26.1. The number of hydrogen-bond acceptors (Lipinski definition) is 5. The number of carbonyl (C=O) groups excluding carboxylic acids is 2. The third-order valence-corrected chi connectivity index (χ3v) is 5.51. The number of aryl methyl sites for hydroxylation is 1. The molecular weight excluding hydrogens is 501 g/mol. The zero-order valence-electron chi connectivity index (χ0n) is 19.6. The highest BCUT2D eigenvalue weighted by Crippen LogP contribution is 2.37. The minimum Gasteiger partial charge on any atom is -0.490 e. The summed E-state index contributed by atoms with van der Waals surface area (Å²) in [5.74, 6) is -0.575. The van der Waals surface area contributed by atoms with Gasteiger partial charge in [0, 0.05) is 5.69 Å². The molecule has 2 amide bonds. The summed E-state index contributed by atoms with van der Waals surface area (Å²) < 4.78 is 11.3. The molecular formula is C27H23Cl2N3O4. The predicted octanol–water partition coefficient (Wildman–Crippen LogP) is 6.26. The van der Waals surface area contributed by atoms with Gasteiger partial charge in [-0.1, -0.05) is 53.5 Å². The van der Waals surface area contributed by atoms with Gasteiger partial charge in [-0.25, -0.2) is 0 Å². The van der Waals surface area contributed by atoms with Crippen molar-refractivity contribution in [2.45, 2.75) is 13.8 Å². The maximum Gasteiger partial charge on any atom is 0.266 e. The van der Waals surface area contributed by atoms with Gasteiger partial charge in [-0.3, -0.25) is 9.59 Å². The fourth-order valence-corrected chi connectivity index (χ4v) is 3.64. The van der Waals surface area contributed by atoms with E-state index in [0.29, 0.717) is 28.6 Å². The predicted molar refractivity (Wildman–Crippen MR) is 142 cm³/mol. The summed E-state index contributed by atoms with van der Waals surface area (Å²) >= 11 is 12.5. The molecule has 0 saturated heterocycles. The molecule has 0 aromatic heterocycles. The van der Waals surface area contributed by atoms with Crippen LogP contribution in [0.4, 0.5) is 11.4 Å². The Kier molecular flexibility index (Phi) is 9.34. The van der Waals surface area contributed by atoms with E-state index in [-0.39, 0.29) is 28.7 Å². The highest BCUT2D eigenvalue weighted by molar-refractivity contribution is 6.33. The molecule has 0 bridgehead atoms. The van der Waals surface area contributed by atoms with Gasteiger partial charge >= 0.3 is 0 Å². The van der Waals surface area contributed by atoms with E-state index in [1.165, 1.54) is 12.1 Å². The number of nitriles is 1. The van der Waals surface area contributed by atoms with E-state index < -0.39 is 11.8 Å². The van der Waals surface area contributed by atoms with Gasteiger partial charge < -0.3 is 20.1 Å². The summed E-state index contributed by atoms with van der Waals surface area (Å²) in [5.41, 5.74) is 2.26. The Morgan fingerprint density at radius 2 is 1.67 bits per heavy atom. The number of amides is 2. The molecule has 0 fully saturated rings. The van der Waals surface area contributed by atoms with Gasteiger partial charge in [-0.05, 0) is 61.4 Å². The number of nitrogens with zero attached hydrogens (tertiary/aromatic N) is 1. The average Bonchev–Trinajstić information content (AvgIpc) is 2.85. The highest BCUT2D eigenvalue weighted by atomic mass is 35.5. The standard InChI is InChI=1S/C27H23Cl2N3O4/c1-3-35-24-14-18(12-19(15-30)27(34)32-22-10-6-4-8-17(22)2)13-21(29)26(24)36-16-25(33)31-23-11-7-5-9-20(23)28/h4-14H,3,16H2,1-2H3,(H,31,33)(H,32,34)/b19-12-. The second kappa shape index (κ2) is 12.6. The third-order valence-electron chi connectivity index (χ3n) is 4.90. The minimum atomic E-state index is -0.558. The van der Waals surface area contributed by atoms with Crippen LogP contribution in [0.25, 0.3) is 6.08 Å². The summed E-state index contributed by atoms with van der Waals surface area (Å²) in [5, 5.41) is 15.5. The average molecular weight is 524 g/mol. The second-order valence-corrected chi connectivity index (χ2v) is 8.33. The number of para-hydroxylation sites is 2. The van der Waals surface area contributed by atoms with Crippen LogP contribution in [0.5, 0.6) is 11.5 Å². The number of rotatable bonds is 9. The fourth-order valence-electron chi connectivity index (χ4n) is 3.18. The quantitative estimate of drug-likeness (QED) is 0.254. The lowest BCUT2D eigenvalue weighted by molar-refractivity contribution is -0.118. The van der Waals surface area contributed by atoms with Crippen molar-refractivity contribution in [2.24, 2.45) is 0 Å². The normalized spacial score (nSPS) is 10.8. The molecule has 3 rings (SSSR count). The minimum absolute atomic E-state index is 0.121.